The molecule has 2 aliphatic rings. The van der Waals surface area contributed by atoms with Crippen molar-refractivity contribution in [3.8, 4) is 5.75 Å². The van der Waals surface area contributed by atoms with Gasteiger partial charge in [-0.15, -0.1) is 0 Å². The van der Waals surface area contributed by atoms with Crippen LogP contribution in [-0.2, 0) is 4.79 Å². The van der Waals surface area contributed by atoms with Crippen LogP contribution in [0.5, 0.6) is 5.75 Å². The lowest BCUT2D eigenvalue weighted by atomic mass is 9.92. The van der Waals surface area contributed by atoms with Gasteiger partial charge in [-0.05, 0) is 56.4 Å². The van der Waals surface area contributed by atoms with Crippen LogP contribution in [0.3, 0.4) is 0 Å². The molecule has 2 saturated carbocycles. The molecule has 4 rings (SSSR count). The molecule has 4 nitrogen and oxygen atoms in total. The van der Waals surface area contributed by atoms with E-state index in [1.54, 1.807) is 6.20 Å². The van der Waals surface area contributed by atoms with Crippen LogP contribution in [0.15, 0.2) is 54.7 Å². The van der Waals surface area contributed by atoms with Crippen molar-refractivity contribution in [2.24, 2.45) is 5.92 Å². The molecule has 0 bridgehead atoms. The molecule has 25 heavy (non-hydrogen) atoms. The van der Waals surface area contributed by atoms with Crippen molar-refractivity contribution >= 4 is 5.91 Å². The fourth-order valence-electron chi connectivity index (χ4n) is 3.73. The maximum absolute atomic E-state index is 12.5. The van der Waals surface area contributed by atoms with E-state index in [0.29, 0.717) is 5.92 Å². The first kappa shape index (κ1) is 16.1. The first-order valence-corrected chi connectivity index (χ1v) is 9.22. The lowest BCUT2D eigenvalue weighted by Crippen LogP contribution is -2.40. The fourth-order valence-corrected chi connectivity index (χ4v) is 3.73. The highest BCUT2D eigenvalue weighted by Crippen LogP contribution is 2.46. The second kappa shape index (κ2) is 7.26. The van der Waals surface area contributed by atoms with Crippen LogP contribution in [-0.4, -0.2) is 23.0 Å². The van der Waals surface area contributed by atoms with Gasteiger partial charge in [0.05, 0.1) is 6.10 Å². The molecule has 1 N–H and O–H groups in total. The molecule has 0 aliphatic heterocycles. The molecule has 0 radical (unpaired) electrons. The van der Waals surface area contributed by atoms with Gasteiger partial charge in [0.1, 0.15) is 5.75 Å². The van der Waals surface area contributed by atoms with Crippen LogP contribution >= 0.6 is 0 Å². The average Bonchev–Trinajstić information content (AvgIpc) is 3.46. The number of para-hydroxylation sites is 1. The van der Waals surface area contributed by atoms with Gasteiger partial charge in [0, 0.05) is 29.8 Å². The van der Waals surface area contributed by atoms with Crippen LogP contribution in [0.2, 0.25) is 0 Å². The van der Waals surface area contributed by atoms with Crippen molar-refractivity contribution in [2.45, 2.75) is 50.2 Å². The predicted octanol–water partition coefficient (Wildman–Crippen LogP) is 3.69. The van der Waals surface area contributed by atoms with E-state index < -0.39 is 0 Å². The minimum absolute atomic E-state index is 0.105. The third-order valence-electron chi connectivity index (χ3n) is 5.26. The number of nitrogens with zero attached hydrogens (tertiary/aromatic N) is 1. The Morgan fingerprint density at radius 1 is 1.00 bits per heavy atom. The number of carbonyl (C=O) groups is 1. The summed E-state index contributed by atoms with van der Waals surface area (Å²) < 4.78 is 6.02. The van der Waals surface area contributed by atoms with Crippen molar-refractivity contribution in [2.75, 3.05) is 0 Å². The molecule has 130 valence electrons. The number of hydrogen-bond acceptors (Lipinski definition) is 3. The molecule has 1 aromatic heterocycles. The quantitative estimate of drug-likeness (QED) is 0.906. The van der Waals surface area contributed by atoms with E-state index in [0.717, 1.165) is 43.5 Å². The normalized spacial score (nSPS) is 28.2. The Labute approximate surface area is 148 Å². The zero-order valence-electron chi connectivity index (χ0n) is 14.3. The maximum Gasteiger partial charge on any atom is 0.224 e. The van der Waals surface area contributed by atoms with Gasteiger partial charge >= 0.3 is 0 Å². The molecule has 0 spiro atoms. The van der Waals surface area contributed by atoms with E-state index in [1.165, 1.54) is 0 Å². The highest BCUT2D eigenvalue weighted by atomic mass is 16.5. The first-order chi connectivity index (χ1) is 12.3. The third kappa shape index (κ3) is 4.01. The summed E-state index contributed by atoms with van der Waals surface area (Å²) in [7, 11) is 0. The smallest absolute Gasteiger partial charge is 0.224 e. The van der Waals surface area contributed by atoms with Gasteiger partial charge in [0.15, 0.2) is 0 Å². The van der Waals surface area contributed by atoms with E-state index in [9.17, 15) is 4.79 Å². The predicted molar refractivity (Wildman–Crippen MR) is 96.3 cm³/mol. The van der Waals surface area contributed by atoms with Gasteiger partial charge in [-0.3, -0.25) is 9.78 Å². The Bertz CT molecular complexity index is 696. The lowest BCUT2D eigenvalue weighted by Gasteiger charge is -2.29. The van der Waals surface area contributed by atoms with Gasteiger partial charge in [-0.25, -0.2) is 0 Å². The van der Waals surface area contributed by atoms with Crippen molar-refractivity contribution in [3.05, 3.63) is 60.4 Å². The molecule has 0 unspecified atom stereocenters. The minimum atomic E-state index is 0.105. The van der Waals surface area contributed by atoms with E-state index >= 15 is 0 Å². The molecule has 2 aromatic rings. The molecule has 1 heterocycles. The summed E-state index contributed by atoms with van der Waals surface area (Å²) in [5, 5.41) is 3.24. The van der Waals surface area contributed by atoms with Gasteiger partial charge in [0.2, 0.25) is 5.91 Å². The number of nitrogens with one attached hydrogen (secondary N) is 1. The summed E-state index contributed by atoms with van der Waals surface area (Å²) in [6.45, 7) is 0. The van der Waals surface area contributed by atoms with Gasteiger partial charge < -0.3 is 10.1 Å². The highest BCUT2D eigenvalue weighted by Gasteiger charge is 2.45. The number of rotatable bonds is 5. The fraction of sp³-hybridized carbons (Fsp3) is 0.429. The van der Waals surface area contributed by atoms with Crippen LogP contribution in [0.1, 0.15) is 43.7 Å². The van der Waals surface area contributed by atoms with Crippen LogP contribution in [0.4, 0.5) is 0 Å². The maximum atomic E-state index is 12.5. The van der Waals surface area contributed by atoms with E-state index in [-0.39, 0.29) is 24.0 Å². The average molecular weight is 336 g/mol. The standard InChI is InChI=1S/C21H24N2O2/c24-21(19-14-18(19)20-8-4-5-13-22-20)23-15-9-11-17(12-10-15)25-16-6-2-1-3-7-16/h1-8,13,15,17-19H,9-12,14H2,(H,23,24)/t15?,17?,18-,19-/m1/s1. The van der Waals surface area contributed by atoms with Crippen molar-refractivity contribution in [1.29, 1.82) is 0 Å². The topological polar surface area (TPSA) is 51.2 Å². The summed E-state index contributed by atoms with van der Waals surface area (Å²) in [4.78, 5) is 16.8. The second-order valence-electron chi connectivity index (χ2n) is 7.12. The summed E-state index contributed by atoms with van der Waals surface area (Å²) in [6.07, 6.45) is 6.96. The Morgan fingerprint density at radius 3 is 2.48 bits per heavy atom. The number of hydrogen-bond donors (Lipinski definition) is 1. The summed E-state index contributed by atoms with van der Waals surface area (Å²) in [5.74, 6) is 1.54. The van der Waals surface area contributed by atoms with E-state index in [1.807, 2.05) is 48.5 Å². The summed E-state index contributed by atoms with van der Waals surface area (Å²) >= 11 is 0. The third-order valence-corrected chi connectivity index (χ3v) is 5.26. The van der Waals surface area contributed by atoms with Gasteiger partial charge in [-0.1, -0.05) is 24.3 Å². The van der Waals surface area contributed by atoms with Crippen LogP contribution in [0, 0.1) is 5.92 Å². The number of carbonyl (C=O) groups excluding carboxylic acids is 1. The number of pyridine rings is 1. The van der Waals surface area contributed by atoms with Gasteiger partial charge in [-0.2, -0.15) is 0 Å². The number of aromatic nitrogens is 1. The molecule has 2 atom stereocenters. The largest absolute Gasteiger partial charge is 0.490 e. The van der Waals surface area contributed by atoms with E-state index in [2.05, 4.69) is 10.3 Å². The number of amides is 1. The Balaban J connectivity index is 1.22. The van der Waals surface area contributed by atoms with E-state index in [4.69, 9.17) is 4.74 Å². The summed E-state index contributed by atoms with van der Waals surface area (Å²) in [5.41, 5.74) is 1.04. The Morgan fingerprint density at radius 2 is 1.76 bits per heavy atom. The molecule has 1 amide bonds. The molecule has 2 fully saturated rings. The van der Waals surface area contributed by atoms with Crippen molar-refractivity contribution in [3.63, 3.8) is 0 Å². The zero-order chi connectivity index (χ0) is 17.1. The molecule has 2 aliphatic carbocycles. The van der Waals surface area contributed by atoms with Gasteiger partial charge in [0.25, 0.3) is 0 Å². The Hall–Kier alpha value is -2.36. The lowest BCUT2D eigenvalue weighted by molar-refractivity contribution is -0.123. The minimum Gasteiger partial charge on any atom is -0.490 e. The molecule has 0 saturated heterocycles. The van der Waals surface area contributed by atoms with Crippen molar-refractivity contribution in [1.82, 2.24) is 10.3 Å². The zero-order valence-corrected chi connectivity index (χ0v) is 14.3. The van der Waals surface area contributed by atoms with Crippen molar-refractivity contribution < 1.29 is 9.53 Å². The molecule has 4 heteroatoms. The summed E-state index contributed by atoms with van der Waals surface area (Å²) in [6, 6.07) is 16.2. The van der Waals surface area contributed by atoms with Crippen LogP contribution in [0.25, 0.3) is 0 Å². The number of benzene rings is 1. The second-order valence-corrected chi connectivity index (χ2v) is 7.12. The first-order valence-electron chi connectivity index (χ1n) is 9.22. The Kier molecular flexibility index (Phi) is 4.68. The molecular weight excluding hydrogens is 312 g/mol. The van der Waals surface area contributed by atoms with Crippen LogP contribution < -0.4 is 10.1 Å². The SMILES string of the molecule is O=C(NC1CCC(Oc2ccccc2)CC1)[C@@H]1C[C@H]1c1ccccn1. The number of ether oxygens (including phenoxy) is 1. The molecule has 1 aromatic carbocycles. The molecular formula is C21H24N2O2. The highest BCUT2D eigenvalue weighted by molar-refractivity contribution is 5.83. The monoisotopic (exact) mass is 336 g/mol.